The Hall–Kier alpha value is -0.740. The maximum atomic E-state index is 3.46. The fourth-order valence-corrected chi connectivity index (χ4v) is 1.25. The van der Waals surface area contributed by atoms with E-state index >= 15 is 0 Å². The van der Waals surface area contributed by atoms with Crippen LogP contribution in [0.25, 0.3) is 0 Å². The first-order valence-corrected chi connectivity index (χ1v) is 4.27. The van der Waals surface area contributed by atoms with E-state index in [2.05, 4.69) is 33.8 Å². The predicted molar refractivity (Wildman–Crippen MR) is 51.3 cm³/mol. The summed E-state index contributed by atoms with van der Waals surface area (Å²) < 4.78 is 1.14. The van der Waals surface area contributed by atoms with E-state index < -0.39 is 0 Å². The normalized spacial score (nSPS) is 8.55. The predicted octanol–water partition coefficient (Wildman–Crippen LogP) is 3.01. The van der Waals surface area contributed by atoms with Gasteiger partial charge in [-0.05, 0) is 18.6 Å². The first-order chi connectivity index (χ1) is 5.34. The molecular weight excluding hydrogens is 200 g/mol. The third kappa shape index (κ3) is 2.40. The van der Waals surface area contributed by atoms with E-state index in [0.29, 0.717) is 0 Å². The Labute approximate surface area is 75.8 Å². The van der Waals surface area contributed by atoms with Crippen molar-refractivity contribution in [1.29, 1.82) is 0 Å². The highest BCUT2D eigenvalue weighted by atomic mass is 79.9. The van der Waals surface area contributed by atoms with Gasteiger partial charge in [-0.3, -0.25) is 0 Å². The molecule has 0 heterocycles. The summed E-state index contributed by atoms with van der Waals surface area (Å²) in [5.41, 5.74) is 1.25. The summed E-state index contributed by atoms with van der Waals surface area (Å²) in [5, 5.41) is 0. The van der Waals surface area contributed by atoms with E-state index in [9.17, 15) is 0 Å². The Morgan fingerprint density at radius 3 is 2.73 bits per heavy atom. The third-order valence-electron chi connectivity index (χ3n) is 1.41. The van der Waals surface area contributed by atoms with Gasteiger partial charge in [-0.25, -0.2) is 0 Å². The lowest BCUT2D eigenvalue weighted by atomic mass is 10.2. The van der Waals surface area contributed by atoms with Crippen LogP contribution in [0.2, 0.25) is 0 Å². The van der Waals surface area contributed by atoms with Crippen LogP contribution in [0.4, 0.5) is 0 Å². The van der Waals surface area contributed by atoms with Crippen molar-refractivity contribution in [2.45, 2.75) is 13.3 Å². The lowest BCUT2D eigenvalue weighted by Crippen LogP contribution is -1.81. The molecule has 1 aromatic carbocycles. The second kappa shape index (κ2) is 4.20. The smallest absolute Gasteiger partial charge is 0.0351 e. The van der Waals surface area contributed by atoms with Gasteiger partial charge in [0.15, 0.2) is 0 Å². The van der Waals surface area contributed by atoms with Gasteiger partial charge in [0.05, 0.1) is 0 Å². The zero-order valence-corrected chi connectivity index (χ0v) is 7.98. The molecule has 56 valence electrons. The van der Waals surface area contributed by atoms with Crippen molar-refractivity contribution in [3.05, 3.63) is 34.3 Å². The summed E-state index contributed by atoms with van der Waals surface area (Å²) in [6.07, 6.45) is 0.831. The summed E-state index contributed by atoms with van der Waals surface area (Å²) in [7, 11) is 0. The zero-order chi connectivity index (χ0) is 8.10. The lowest BCUT2D eigenvalue weighted by molar-refractivity contribution is 1.29. The standard InChI is InChI=1S/C10H9Br/c1-2-3-6-9-7-4-5-8-10(9)11/h4-5,7-8H,6H2,1H3. The van der Waals surface area contributed by atoms with E-state index in [-0.39, 0.29) is 0 Å². The Bertz CT molecular complexity index is 291. The Morgan fingerprint density at radius 1 is 1.36 bits per heavy atom. The SMILES string of the molecule is CC#CCc1ccccc1Br. The highest BCUT2D eigenvalue weighted by Crippen LogP contribution is 2.15. The molecule has 0 fully saturated rings. The molecule has 0 aliphatic carbocycles. The summed E-state index contributed by atoms with van der Waals surface area (Å²) in [5.74, 6) is 5.90. The lowest BCUT2D eigenvalue weighted by Gasteiger charge is -1.96. The Balaban J connectivity index is 2.83. The molecule has 0 saturated carbocycles. The maximum absolute atomic E-state index is 3.46. The van der Waals surface area contributed by atoms with Crippen molar-refractivity contribution >= 4 is 15.9 Å². The highest BCUT2D eigenvalue weighted by molar-refractivity contribution is 9.10. The van der Waals surface area contributed by atoms with Crippen LogP contribution in [-0.2, 0) is 6.42 Å². The van der Waals surface area contributed by atoms with Crippen LogP contribution < -0.4 is 0 Å². The van der Waals surface area contributed by atoms with E-state index in [1.165, 1.54) is 5.56 Å². The molecule has 1 heteroatoms. The molecule has 0 unspecified atom stereocenters. The minimum absolute atomic E-state index is 0.831. The first-order valence-electron chi connectivity index (χ1n) is 3.47. The van der Waals surface area contributed by atoms with Gasteiger partial charge < -0.3 is 0 Å². The Kier molecular flexibility index (Phi) is 3.19. The van der Waals surface area contributed by atoms with Crippen LogP contribution in [0.1, 0.15) is 12.5 Å². The second-order valence-corrected chi connectivity index (χ2v) is 3.05. The van der Waals surface area contributed by atoms with Crippen molar-refractivity contribution in [3.63, 3.8) is 0 Å². The second-order valence-electron chi connectivity index (χ2n) is 2.19. The number of rotatable bonds is 1. The molecule has 0 aliphatic rings. The van der Waals surface area contributed by atoms with Crippen LogP contribution in [0, 0.1) is 11.8 Å². The molecule has 0 radical (unpaired) electrons. The van der Waals surface area contributed by atoms with Gasteiger partial charge in [-0.1, -0.05) is 40.0 Å². The molecule has 1 rings (SSSR count). The van der Waals surface area contributed by atoms with E-state index in [1.807, 2.05) is 25.1 Å². The summed E-state index contributed by atoms with van der Waals surface area (Å²) >= 11 is 3.46. The number of halogens is 1. The van der Waals surface area contributed by atoms with Crippen LogP contribution in [0.3, 0.4) is 0 Å². The van der Waals surface area contributed by atoms with E-state index in [4.69, 9.17) is 0 Å². The van der Waals surface area contributed by atoms with E-state index in [0.717, 1.165) is 10.9 Å². The maximum Gasteiger partial charge on any atom is 0.0351 e. The largest absolute Gasteiger partial charge is 0.106 e. The van der Waals surface area contributed by atoms with Crippen molar-refractivity contribution in [2.24, 2.45) is 0 Å². The van der Waals surface area contributed by atoms with Crippen LogP contribution in [0.15, 0.2) is 28.7 Å². The van der Waals surface area contributed by atoms with Crippen molar-refractivity contribution in [2.75, 3.05) is 0 Å². The molecule has 11 heavy (non-hydrogen) atoms. The monoisotopic (exact) mass is 208 g/mol. The highest BCUT2D eigenvalue weighted by Gasteiger charge is 1.93. The average molecular weight is 209 g/mol. The van der Waals surface area contributed by atoms with Gasteiger partial charge in [0.25, 0.3) is 0 Å². The summed E-state index contributed by atoms with van der Waals surface area (Å²) in [6.45, 7) is 1.86. The van der Waals surface area contributed by atoms with Crippen molar-refractivity contribution in [1.82, 2.24) is 0 Å². The van der Waals surface area contributed by atoms with Crippen LogP contribution in [0.5, 0.6) is 0 Å². The number of benzene rings is 1. The molecule has 0 nitrogen and oxygen atoms in total. The van der Waals surface area contributed by atoms with Gasteiger partial charge in [0.1, 0.15) is 0 Å². The molecule has 0 bridgehead atoms. The van der Waals surface area contributed by atoms with Gasteiger partial charge in [0.2, 0.25) is 0 Å². The fourth-order valence-electron chi connectivity index (χ4n) is 0.825. The van der Waals surface area contributed by atoms with Gasteiger partial charge in [0, 0.05) is 10.9 Å². The van der Waals surface area contributed by atoms with Gasteiger partial charge in [-0.2, -0.15) is 0 Å². The molecule has 0 aliphatic heterocycles. The molecular formula is C10H9Br. The molecule has 0 spiro atoms. The van der Waals surface area contributed by atoms with Crippen molar-refractivity contribution < 1.29 is 0 Å². The molecule has 1 aromatic rings. The van der Waals surface area contributed by atoms with Gasteiger partial charge in [-0.15, -0.1) is 5.92 Å². The van der Waals surface area contributed by atoms with Gasteiger partial charge >= 0.3 is 0 Å². The third-order valence-corrected chi connectivity index (χ3v) is 2.19. The topological polar surface area (TPSA) is 0 Å². The first kappa shape index (κ1) is 8.36. The summed E-state index contributed by atoms with van der Waals surface area (Å²) in [4.78, 5) is 0. The van der Waals surface area contributed by atoms with Crippen LogP contribution >= 0.6 is 15.9 Å². The number of hydrogen-bond donors (Lipinski definition) is 0. The molecule has 0 atom stereocenters. The zero-order valence-electron chi connectivity index (χ0n) is 6.39. The molecule has 0 amide bonds. The molecule has 0 N–H and O–H groups in total. The fraction of sp³-hybridized carbons (Fsp3) is 0.200. The minimum atomic E-state index is 0.831. The number of hydrogen-bond acceptors (Lipinski definition) is 0. The quantitative estimate of drug-likeness (QED) is 0.623. The molecule has 0 aromatic heterocycles. The van der Waals surface area contributed by atoms with Crippen molar-refractivity contribution in [3.8, 4) is 11.8 Å². The van der Waals surface area contributed by atoms with Crippen LogP contribution in [-0.4, -0.2) is 0 Å². The molecule has 0 saturated heterocycles. The van der Waals surface area contributed by atoms with E-state index in [1.54, 1.807) is 0 Å². The summed E-state index contributed by atoms with van der Waals surface area (Å²) in [6, 6.07) is 8.14. The Morgan fingerprint density at radius 2 is 2.09 bits per heavy atom. The average Bonchev–Trinajstić information content (AvgIpc) is 2.03. The minimum Gasteiger partial charge on any atom is -0.106 e.